The van der Waals surface area contributed by atoms with Crippen LogP contribution in [0.3, 0.4) is 0 Å². The van der Waals surface area contributed by atoms with Gasteiger partial charge in [-0.15, -0.1) is 0 Å². The van der Waals surface area contributed by atoms with E-state index >= 15 is 0 Å². The average molecular weight is 268 g/mol. The molecule has 0 aliphatic heterocycles. The molecule has 20 heavy (non-hydrogen) atoms. The minimum absolute atomic E-state index is 0.144. The molecule has 2 N–H and O–H groups in total. The predicted molar refractivity (Wildman–Crippen MR) is 78.1 cm³/mol. The molecule has 0 atom stereocenters. The molecule has 2 aromatic rings. The Morgan fingerprint density at radius 2 is 2.20 bits per heavy atom. The van der Waals surface area contributed by atoms with Crippen LogP contribution in [0.2, 0.25) is 0 Å². The number of nitrogens with zero attached hydrogens (tertiary/aromatic N) is 1. The molecule has 0 aliphatic carbocycles. The lowest BCUT2D eigenvalue weighted by molar-refractivity contribution is -0.116. The summed E-state index contributed by atoms with van der Waals surface area (Å²) in [5.41, 5.74) is 1.87. The predicted octanol–water partition coefficient (Wildman–Crippen LogP) is 2.16. The van der Waals surface area contributed by atoms with E-state index in [2.05, 4.69) is 10.3 Å². The molecule has 0 spiro atoms. The van der Waals surface area contributed by atoms with Crippen LogP contribution in [0.15, 0.2) is 54.9 Å². The van der Waals surface area contributed by atoms with Gasteiger partial charge in [0.05, 0.1) is 0 Å². The standard InChI is InChI=1S/C16H16N2O2/c19-15-5-1-3-13(11-15)8-10-18-16(20)7-6-14-4-2-9-17-12-14/h1-7,9,11-12,19H,8,10H2,(H,18,20)/b7-6+. The number of carbonyl (C=O) groups is 1. The van der Waals surface area contributed by atoms with Crippen molar-refractivity contribution in [1.29, 1.82) is 0 Å². The second-order valence-corrected chi connectivity index (χ2v) is 4.33. The number of phenols is 1. The molecular formula is C16H16N2O2. The van der Waals surface area contributed by atoms with Gasteiger partial charge in [-0.05, 0) is 41.8 Å². The summed E-state index contributed by atoms with van der Waals surface area (Å²) in [6, 6.07) is 10.7. The summed E-state index contributed by atoms with van der Waals surface area (Å²) >= 11 is 0. The van der Waals surface area contributed by atoms with Crippen molar-refractivity contribution in [1.82, 2.24) is 10.3 Å². The number of aromatic hydroxyl groups is 1. The zero-order valence-electron chi connectivity index (χ0n) is 11.0. The topological polar surface area (TPSA) is 62.2 Å². The molecule has 1 aromatic heterocycles. The fourth-order valence-electron chi connectivity index (χ4n) is 1.75. The van der Waals surface area contributed by atoms with Crippen LogP contribution in [-0.2, 0) is 11.2 Å². The number of carbonyl (C=O) groups excluding carboxylic acids is 1. The fourth-order valence-corrected chi connectivity index (χ4v) is 1.75. The second-order valence-electron chi connectivity index (χ2n) is 4.33. The monoisotopic (exact) mass is 268 g/mol. The Bertz CT molecular complexity index is 594. The van der Waals surface area contributed by atoms with Gasteiger partial charge in [-0.3, -0.25) is 9.78 Å². The molecule has 2 rings (SSSR count). The highest BCUT2D eigenvalue weighted by molar-refractivity contribution is 5.91. The summed E-state index contributed by atoms with van der Waals surface area (Å²) in [7, 11) is 0. The van der Waals surface area contributed by atoms with Crippen molar-refractivity contribution in [3.63, 3.8) is 0 Å². The zero-order chi connectivity index (χ0) is 14.2. The summed E-state index contributed by atoms with van der Waals surface area (Å²) in [6.45, 7) is 0.527. The van der Waals surface area contributed by atoms with Crippen molar-refractivity contribution >= 4 is 12.0 Å². The first-order valence-corrected chi connectivity index (χ1v) is 6.38. The van der Waals surface area contributed by atoms with Crippen molar-refractivity contribution in [2.45, 2.75) is 6.42 Å². The molecule has 1 aromatic carbocycles. The van der Waals surface area contributed by atoms with Gasteiger partial charge < -0.3 is 10.4 Å². The lowest BCUT2D eigenvalue weighted by Gasteiger charge is -2.03. The van der Waals surface area contributed by atoms with E-state index in [0.717, 1.165) is 11.1 Å². The quantitative estimate of drug-likeness (QED) is 0.817. The van der Waals surface area contributed by atoms with E-state index in [-0.39, 0.29) is 11.7 Å². The highest BCUT2D eigenvalue weighted by Crippen LogP contribution is 2.10. The molecule has 0 fully saturated rings. The minimum atomic E-state index is -0.144. The molecule has 0 saturated heterocycles. The van der Waals surface area contributed by atoms with Crippen LogP contribution in [-0.4, -0.2) is 22.5 Å². The smallest absolute Gasteiger partial charge is 0.244 e. The Labute approximate surface area is 117 Å². The average Bonchev–Trinajstić information content (AvgIpc) is 2.46. The summed E-state index contributed by atoms with van der Waals surface area (Å²) in [5, 5.41) is 12.1. The van der Waals surface area contributed by atoms with Crippen LogP contribution < -0.4 is 5.32 Å². The van der Waals surface area contributed by atoms with Crippen LogP contribution in [0.5, 0.6) is 5.75 Å². The molecule has 0 radical (unpaired) electrons. The summed E-state index contributed by atoms with van der Waals surface area (Å²) in [4.78, 5) is 15.6. The maximum atomic E-state index is 11.6. The number of nitrogens with one attached hydrogen (secondary N) is 1. The van der Waals surface area contributed by atoms with Gasteiger partial charge in [-0.25, -0.2) is 0 Å². The van der Waals surface area contributed by atoms with E-state index in [0.29, 0.717) is 13.0 Å². The van der Waals surface area contributed by atoms with Gasteiger partial charge in [0.1, 0.15) is 5.75 Å². The van der Waals surface area contributed by atoms with Crippen LogP contribution in [0.25, 0.3) is 6.08 Å². The third-order valence-corrected chi connectivity index (χ3v) is 2.74. The van der Waals surface area contributed by atoms with Gasteiger partial charge in [0.2, 0.25) is 5.91 Å². The second kappa shape index (κ2) is 7.09. The Hall–Kier alpha value is -2.62. The summed E-state index contributed by atoms with van der Waals surface area (Å²) < 4.78 is 0. The van der Waals surface area contributed by atoms with Crippen molar-refractivity contribution in [2.75, 3.05) is 6.54 Å². The van der Waals surface area contributed by atoms with E-state index in [4.69, 9.17) is 0 Å². The molecular weight excluding hydrogens is 252 g/mol. The normalized spacial score (nSPS) is 10.6. The van der Waals surface area contributed by atoms with Crippen molar-refractivity contribution in [3.8, 4) is 5.75 Å². The third-order valence-electron chi connectivity index (χ3n) is 2.74. The fraction of sp³-hybridized carbons (Fsp3) is 0.125. The number of hydrogen-bond donors (Lipinski definition) is 2. The molecule has 1 amide bonds. The van der Waals surface area contributed by atoms with Gasteiger partial charge in [-0.2, -0.15) is 0 Å². The van der Waals surface area contributed by atoms with Crippen LogP contribution >= 0.6 is 0 Å². The highest BCUT2D eigenvalue weighted by Gasteiger charge is 1.97. The molecule has 4 nitrogen and oxygen atoms in total. The maximum absolute atomic E-state index is 11.6. The van der Waals surface area contributed by atoms with Crippen molar-refractivity contribution in [2.24, 2.45) is 0 Å². The van der Waals surface area contributed by atoms with Crippen molar-refractivity contribution in [3.05, 3.63) is 66.0 Å². The number of pyridine rings is 1. The Morgan fingerprint density at radius 3 is 2.95 bits per heavy atom. The van der Waals surface area contributed by atoms with Crippen LogP contribution in [0.1, 0.15) is 11.1 Å². The van der Waals surface area contributed by atoms with Crippen LogP contribution in [0.4, 0.5) is 0 Å². The molecule has 1 heterocycles. The Kier molecular flexibility index (Phi) is 4.89. The molecule has 0 saturated carbocycles. The molecule has 0 bridgehead atoms. The van der Waals surface area contributed by atoms with E-state index in [1.165, 1.54) is 6.08 Å². The third kappa shape index (κ3) is 4.57. The first-order chi connectivity index (χ1) is 9.74. The first kappa shape index (κ1) is 13.8. The molecule has 0 aliphatic rings. The molecule has 0 unspecified atom stereocenters. The number of hydrogen-bond acceptors (Lipinski definition) is 3. The van der Waals surface area contributed by atoms with Gasteiger partial charge >= 0.3 is 0 Å². The lowest BCUT2D eigenvalue weighted by atomic mass is 10.1. The van der Waals surface area contributed by atoms with Gasteiger partial charge in [0.15, 0.2) is 0 Å². The SMILES string of the molecule is O=C(/C=C/c1cccnc1)NCCc1cccc(O)c1. The summed E-state index contributed by atoms with van der Waals surface area (Å²) in [6.07, 6.45) is 7.26. The Morgan fingerprint density at radius 1 is 1.30 bits per heavy atom. The lowest BCUT2D eigenvalue weighted by Crippen LogP contribution is -2.23. The highest BCUT2D eigenvalue weighted by atomic mass is 16.3. The maximum Gasteiger partial charge on any atom is 0.244 e. The van der Waals surface area contributed by atoms with Gasteiger partial charge in [0.25, 0.3) is 0 Å². The van der Waals surface area contributed by atoms with Gasteiger partial charge in [0, 0.05) is 25.0 Å². The minimum Gasteiger partial charge on any atom is -0.508 e. The number of phenolic OH excluding ortho intramolecular Hbond substituents is 1. The van der Waals surface area contributed by atoms with E-state index < -0.39 is 0 Å². The largest absolute Gasteiger partial charge is 0.508 e. The first-order valence-electron chi connectivity index (χ1n) is 6.38. The molecule has 102 valence electrons. The zero-order valence-corrected chi connectivity index (χ0v) is 11.0. The molecule has 4 heteroatoms. The van der Waals surface area contributed by atoms with E-state index in [9.17, 15) is 9.90 Å². The number of rotatable bonds is 5. The van der Waals surface area contributed by atoms with Gasteiger partial charge in [-0.1, -0.05) is 18.2 Å². The number of aromatic nitrogens is 1. The van der Waals surface area contributed by atoms with E-state index in [1.54, 1.807) is 36.7 Å². The van der Waals surface area contributed by atoms with Crippen molar-refractivity contribution < 1.29 is 9.90 Å². The van der Waals surface area contributed by atoms with E-state index in [1.807, 2.05) is 18.2 Å². The number of benzene rings is 1. The number of amides is 1. The van der Waals surface area contributed by atoms with Crippen LogP contribution in [0, 0.1) is 0 Å². The Balaban J connectivity index is 1.77. The summed E-state index contributed by atoms with van der Waals surface area (Å²) in [5.74, 6) is 0.0966.